The maximum Gasteiger partial charge on any atom is 0.0696 e. The molecule has 1 N–H and O–H groups in total. The van der Waals surface area contributed by atoms with Crippen LogP contribution in [-0.4, -0.2) is 25.3 Å². The Labute approximate surface area is 79.5 Å². The van der Waals surface area contributed by atoms with Crippen LogP contribution in [0, 0.1) is 5.41 Å². The Hall–Kier alpha value is 0.210. The first-order chi connectivity index (χ1) is 5.33. The highest BCUT2D eigenvalue weighted by molar-refractivity contribution is 5.85. The predicted octanol–water partition coefficient (Wildman–Crippen LogP) is 1.34. The number of rotatable bonds is 0. The molecule has 3 fully saturated rings. The van der Waals surface area contributed by atoms with E-state index in [4.69, 9.17) is 4.74 Å². The average Bonchev–Trinajstić information content (AvgIpc) is 2.25. The molecule has 0 radical (unpaired) electrons. The van der Waals surface area contributed by atoms with Crippen molar-refractivity contribution in [2.45, 2.75) is 31.3 Å². The summed E-state index contributed by atoms with van der Waals surface area (Å²) in [6, 6.07) is 0. The van der Waals surface area contributed by atoms with Crippen LogP contribution in [0.1, 0.15) is 25.7 Å². The minimum Gasteiger partial charge on any atom is -0.375 e. The van der Waals surface area contributed by atoms with E-state index in [2.05, 4.69) is 5.32 Å². The van der Waals surface area contributed by atoms with E-state index < -0.39 is 0 Å². The first kappa shape index (κ1) is 8.79. The molecular formula is C9H16ClNO. The molecule has 3 rings (SSSR count). The molecule has 0 bridgehead atoms. The molecule has 2 saturated heterocycles. The minimum absolute atomic E-state index is 0. The fourth-order valence-corrected chi connectivity index (χ4v) is 3.08. The fourth-order valence-electron chi connectivity index (χ4n) is 3.08. The summed E-state index contributed by atoms with van der Waals surface area (Å²) in [5.41, 5.74) is 1.05. The molecule has 0 aromatic carbocycles. The molecule has 3 heteroatoms. The lowest BCUT2D eigenvalue weighted by Gasteiger charge is -2.59. The van der Waals surface area contributed by atoms with Crippen molar-refractivity contribution >= 4 is 12.4 Å². The topological polar surface area (TPSA) is 21.3 Å². The summed E-state index contributed by atoms with van der Waals surface area (Å²) in [6.07, 6.45) is 5.30. The van der Waals surface area contributed by atoms with Gasteiger partial charge in [-0.2, -0.15) is 0 Å². The Morgan fingerprint density at radius 1 is 1.17 bits per heavy atom. The number of halogens is 1. The van der Waals surface area contributed by atoms with E-state index in [0.29, 0.717) is 11.0 Å². The summed E-state index contributed by atoms with van der Waals surface area (Å²) in [5, 5.41) is 3.35. The molecule has 3 aliphatic rings. The number of ether oxygens (including phenoxy) is 1. The largest absolute Gasteiger partial charge is 0.375 e. The highest BCUT2D eigenvalue weighted by Crippen LogP contribution is 2.56. The average molecular weight is 190 g/mol. The Balaban J connectivity index is 0.000000563. The van der Waals surface area contributed by atoms with Gasteiger partial charge >= 0.3 is 0 Å². The zero-order valence-corrected chi connectivity index (χ0v) is 8.08. The molecule has 2 heterocycles. The van der Waals surface area contributed by atoms with Gasteiger partial charge in [0.05, 0.1) is 5.60 Å². The van der Waals surface area contributed by atoms with E-state index in [9.17, 15) is 0 Å². The van der Waals surface area contributed by atoms with Gasteiger partial charge in [0.15, 0.2) is 0 Å². The third kappa shape index (κ3) is 1.02. The quantitative estimate of drug-likeness (QED) is 0.621. The second-order valence-corrected chi connectivity index (χ2v) is 4.59. The van der Waals surface area contributed by atoms with E-state index in [1.54, 1.807) is 0 Å². The molecule has 2 spiro atoms. The van der Waals surface area contributed by atoms with Crippen molar-refractivity contribution in [2.75, 3.05) is 19.7 Å². The summed E-state index contributed by atoms with van der Waals surface area (Å²) >= 11 is 0. The first-order valence-electron chi connectivity index (χ1n) is 4.67. The number of hydrogen-bond donors (Lipinski definition) is 1. The van der Waals surface area contributed by atoms with Gasteiger partial charge in [-0.25, -0.2) is 0 Å². The molecule has 12 heavy (non-hydrogen) atoms. The van der Waals surface area contributed by atoms with Crippen molar-refractivity contribution in [3.05, 3.63) is 0 Å². The van der Waals surface area contributed by atoms with Crippen LogP contribution in [0.5, 0.6) is 0 Å². The van der Waals surface area contributed by atoms with Crippen LogP contribution >= 0.6 is 12.4 Å². The van der Waals surface area contributed by atoms with Gasteiger partial charge in [0, 0.05) is 25.1 Å². The third-order valence-electron chi connectivity index (χ3n) is 3.58. The van der Waals surface area contributed by atoms with Gasteiger partial charge < -0.3 is 10.1 Å². The monoisotopic (exact) mass is 189 g/mol. The van der Waals surface area contributed by atoms with Gasteiger partial charge in [-0.3, -0.25) is 0 Å². The third-order valence-corrected chi connectivity index (χ3v) is 3.58. The maximum atomic E-state index is 5.78. The first-order valence-corrected chi connectivity index (χ1v) is 4.67. The van der Waals surface area contributed by atoms with Gasteiger partial charge in [0.1, 0.15) is 0 Å². The predicted molar refractivity (Wildman–Crippen MR) is 49.7 cm³/mol. The van der Waals surface area contributed by atoms with Crippen LogP contribution < -0.4 is 5.32 Å². The fraction of sp³-hybridized carbons (Fsp3) is 1.00. The van der Waals surface area contributed by atoms with Crippen molar-refractivity contribution in [3.63, 3.8) is 0 Å². The van der Waals surface area contributed by atoms with Crippen molar-refractivity contribution in [2.24, 2.45) is 5.41 Å². The molecule has 1 saturated carbocycles. The van der Waals surface area contributed by atoms with Crippen molar-refractivity contribution in [1.82, 2.24) is 5.32 Å². The van der Waals surface area contributed by atoms with Gasteiger partial charge in [0.25, 0.3) is 0 Å². The maximum absolute atomic E-state index is 5.78. The highest BCUT2D eigenvalue weighted by atomic mass is 35.5. The van der Waals surface area contributed by atoms with Gasteiger partial charge in [-0.1, -0.05) is 0 Å². The summed E-state index contributed by atoms with van der Waals surface area (Å²) < 4.78 is 5.78. The van der Waals surface area contributed by atoms with Crippen LogP contribution in [0.15, 0.2) is 0 Å². The molecule has 0 unspecified atom stereocenters. The normalized spacial score (nSPS) is 34.0. The van der Waals surface area contributed by atoms with Gasteiger partial charge in [-0.15, -0.1) is 12.4 Å². The van der Waals surface area contributed by atoms with E-state index >= 15 is 0 Å². The summed E-state index contributed by atoms with van der Waals surface area (Å²) in [4.78, 5) is 0. The molecule has 0 aromatic rings. The molecule has 2 nitrogen and oxygen atoms in total. The Kier molecular flexibility index (Phi) is 1.90. The summed E-state index contributed by atoms with van der Waals surface area (Å²) in [5.74, 6) is 0. The Morgan fingerprint density at radius 2 is 1.92 bits per heavy atom. The molecular weight excluding hydrogens is 174 g/mol. The molecule has 0 aromatic heterocycles. The van der Waals surface area contributed by atoms with Crippen LogP contribution in [-0.2, 0) is 4.74 Å². The Morgan fingerprint density at radius 3 is 2.33 bits per heavy atom. The number of hydrogen-bond acceptors (Lipinski definition) is 2. The van der Waals surface area contributed by atoms with Crippen molar-refractivity contribution < 1.29 is 4.74 Å². The minimum atomic E-state index is 0. The van der Waals surface area contributed by atoms with E-state index in [0.717, 1.165) is 6.61 Å². The van der Waals surface area contributed by atoms with Gasteiger partial charge in [-0.05, 0) is 25.7 Å². The lowest BCUT2D eigenvalue weighted by atomic mass is 9.55. The second kappa shape index (κ2) is 2.60. The zero-order chi connectivity index (χ0) is 7.36. The van der Waals surface area contributed by atoms with Crippen LogP contribution in [0.25, 0.3) is 0 Å². The molecule has 1 aliphatic carbocycles. The molecule has 2 aliphatic heterocycles. The van der Waals surface area contributed by atoms with E-state index in [1.807, 2.05) is 0 Å². The SMILES string of the molecule is C1COC2(C1)CC1(CNC1)C2.Cl. The van der Waals surface area contributed by atoms with E-state index in [-0.39, 0.29) is 12.4 Å². The van der Waals surface area contributed by atoms with Crippen LogP contribution in [0.2, 0.25) is 0 Å². The van der Waals surface area contributed by atoms with Crippen molar-refractivity contribution in [3.8, 4) is 0 Å². The van der Waals surface area contributed by atoms with Crippen LogP contribution in [0.3, 0.4) is 0 Å². The molecule has 0 amide bonds. The Bertz CT molecular complexity index is 175. The summed E-state index contributed by atoms with van der Waals surface area (Å²) in [7, 11) is 0. The zero-order valence-electron chi connectivity index (χ0n) is 7.27. The summed E-state index contributed by atoms with van der Waals surface area (Å²) in [6.45, 7) is 3.51. The smallest absolute Gasteiger partial charge is 0.0696 e. The van der Waals surface area contributed by atoms with Gasteiger partial charge in [0.2, 0.25) is 0 Å². The standard InChI is InChI=1S/C9H15NO.ClH/c1-2-9(11-3-1)4-8(5-9)6-10-7-8;/h10H,1-7H2;1H. The van der Waals surface area contributed by atoms with Crippen molar-refractivity contribution in [1.29, 1.82) is 0 Å². The lowest BCUT2D eigenvalue weighted by molar-refractivity contribution is -0.157. The number of nitrogens with one attached hydrogen (secondary N) is 1. The van der Waals surface area contributed by atoms with E-state index in [1.165, 1.54) is 38.8 Å². The van der Waals surface area contributed by atoms with Crippen LogP contribution in [0.4, 0.5) is 0 Å². The second-order valence-electron chi connectivity index (χ2n) is 4.59. The molecule has 70 valence electrons. The lowest BCUT2D eigenvalue weighted by Crippen LogP contribution is -2.66. The highest BCUT2D eigenvalue weighted by Gasteiger charge is 2.58. The molecule has 0 atom stereocenters.